The van der Waals surface area contributed by atoms with Crippen molar-refractivity contribution in [3.8, 4) is 5.88 Å². The fourth-order valence-corrected chi connectivity index (χ4v) is 1.71. The fraction of sp³-hybridized carbons (Fsp3) is 0.667. The van der Waals surface area contributed by atoms with Gasteiger partial charge in [0.05, 0.1) is 6.61 Å². The molecule has 108 valence electrons. The third-order valence-electron chi connectivity index (χ3n) is 2.54. The third kappa shape index (κ3) is 6.55. The standard InChI is InChI=1S/C15H26N2O2/c1-11-7-13(9-16-15(3,4)5)8-14(17-11)19-12(2)10-18-6/h7-8,12,16H,9-10H2,1-6H3. The number of hydrogen-bond donors (Lipinski definition) is 1. The zero-order valence-corrected chi connectivity index (χ0v) is 12.9. The normalized spacial score (nSPS) is 13.4. The lowest BCUT2D eigenvalue weighted by atomic mass is 10.1. The van der Waals surface area contributed by atoms with Gasteiger partial charge in [-0.1, -0.05) is 0 Å². The lowest BCUT2D eigenvalue weighted by Crippen LogP contribution is -2.35. The molecule has 0 aromatic carbocycles. The van der Waals surface area contributed by atoms with Crippen LogP contribution in [0.1, 0.15) is 39.0 Å². The Hall–Kier alpha value is -1.13. The number of rotatable bonds is 6. The first-order chi connectivity index (χ1) is 8.80. The van der Waals surface area contributed by atoms with Crippen molar-refractivity contribution in [2.75, 3.05) is 13.7 Å². The maximum Gasteiger partial charge on any atom is 0.214 e. The third-order valence-corrected chi connectivity index (χ3v) is 2.54. The molecule has 0 radical (unpaired) electrons. The molecular formula is C15H26N2O2. The van der Waals surface area contributed by atoms with E-state index in [1.54, 1.807) is 7.11 Å². The van der Waals surface area contributed by atoms with E-state index in [2.05, 4.69) is 37.1 Å². The van der Waals surface area contributed by atoms with E-state index in [4.69, 9.17) is 9.47 Å². The summed E-state index contributed by atoms with van der Waals surface area (Å²) < 4.78 is 10.8. The van der Waals surface area contributed by atoms with Crippen molar-refractivity contribution >= 4 is 0 Å². The monoisotopic (exact) mass is 266 g/mol. The Bertz CT molecular complexity index is 400. The molecule has 1 atom stereocenters. The molecule has 1 rings (SSSR count). The molecule has 1 aromatic heterocycles. The van der Waals surface area contributed by atoms with Gasteiger partial charge in [-0.25, -0.2) is 4.98 Å². The number of pyridine rings is 1. The van der Waals surface area contributed by atoms with E-state index in [1.165, 1.54) is 5.56 Å². The molecule has 0 aliphatic rings. The van der Waals surface area contributed by atoms with Gasteiger partial charge in [0.25, 0.3) is 0 Å². The quantitative estimate of drug-likeness (QED) is 0.859. The number of ether oxygens (including phenoxy) is 2. The second kappa shape index (κ2) is 6.87. The highest BCUT2D eigenvalue weighted by Gasteiger charge is 2.10. The van der Waals surface area contributed by atoms with Gasteiger partial charge >= 0.3 is 0 Å². The lowest BCUT2D eigenvalue weighted by molar-refractivity contribution is 0.0888. The number of nitrogens with one attached hydrogen (secondary N) is 1. The number of hydrogen-bond acceptors (Lipinski definition) is 4. The number of methoxy groups -OCH3 is 1. The molecule has 0 amide bonds. The van der Waals surface area contributed by atoms with Crippen molar-refractivity contribution in [2.24, 2.45) is 0 Å². The minimum Gasteiger partial charge on any atom is -0.472 e. The molecule has 0 aliphatic carbocycles. The van der Waals surface area contributed by atoms with Crippen LogP contribution in [0.2, 0.25) is 0 Å². The summed E-state index contributed by atoms with van der Waals surface area (Å²) in [6, 6.07) is 4.06. The highest BCUT2D eigenvalue weighted by molar-refractivity contribution is 5.25. The van der Waals surface area contributed by atoms with Crippen LogP contribution in [0.3, 0.4) is 0 Å². The number of aryl methyl sites for hydroxylation is 1. The van der Waals surface area contributed by atoms with Gasteiger partial charge in [0.1, 0.15) is 6.10 Å². The van der Waals surface area contributed by atoms with Crippen molar-refractivity contribution < 1.29 is 9.47 Å². The maximum absolute atomic E-state index is 5.74. The van der Waals surface area contributed by atoms with Crippen LogP contribution in [-0.4, -0.2) is 30.3 Å². The van der Waals surface area contributed by atoms with E-state index in [-0.39, 0.29) is 11.6 Å². The first kappa shape index (κ1) is 15.9. The molecule has 1 aromatic rings. The summed E-state index contributed by atoms with van der Waals surface area (Å²) in [7, 11) is 1.67. The molecule has 4 heteroatoms. The Labute approximate surface area is 116 Å². The van der Waals surface area contributed by atoms with Gasteiger partial charge in [0.2, 0.25) is 5.88 Å². The zero-order valence-electron chi connectivity index (χ0n) is 12.9. The fourth-order valence-electron chi connectivity index (χ4n) is 1.71. The molecule has 0 fully saturated rings. The summed E-state index contributed by atoms with van der Waals surface area (Å²) in [5, 5.41) is 3.46. The van der Waals surface area contributed by atoms with Crippen molar-refractivity contribution in [1.29, 1.82) is 0 Å². The van der Waals surface area contributed by atoms with Crippen molar-refractivity contribution in [2.45, 2.75) is 52.8 Å². The van der Waals surface area contributed by atoms with Gasteiger partial charge in [-0.3, -0.25) is 0 Å². The van der Waals surface area contributed by atoms with Crippen LogP contribution >= 0.6 is 0 Å². The Balaban J connectivity index is 2.71. The second-order valence-corrected chi connectivity index (χ2v) is 5.94. The summed E-state index contributed by atoms with van der Waals surface area (Å²) in [5.74, 6) is 0.662. The van der Waals surface area contributed by atoms with Gasteiger partial charge in [0.15, 0.2) is 0 Å². The van der Waals surface area contributed by atoms with E-state index in [1.807, 2.05) is 19.9 Å². The van der Waals surface area contributed by atoms with Crippen LogP contribution in [0.5, 0.6) is 5.88 Å². The van der Waals surface area contributed by atoms with Crippen LogP contribution in [0, 0.1) is 6.92 Å². The van der Waals surface area contributed by atoms with Crippen molar-refractivity contribution in [1.82, 2.24) is 10.3 Å². The SMILES string of the molecule is COCC(C)Oc1cc(CNC(C)(C)C)cc(C)n1. The molecular weight excluding hydrogens is 240 g/mol. The molecule has 0 spiro atoms. The van der Waals surface area contributed by atoms with E-state index in [0.29, 0.717) is 12.5 Å². The second-order valence-electron chi connectivity index (χ2n) is 5.94. The molecule has 0 saturated carbocycles. The van der Waals surface area contributed by atoms with Gasteiger partial charge in [-0.2, -0.15) is 0 Å². The molecule has 0 saturated heterocycles. The van der Waals surface area contributed by atoms with Gasteiger partial charge in [-0.05, 0) is 46.2 Å². The Morgan fingerprint density at radius 1 is 1.32 bits per heavy atom. The molecule has 19 heavy (non-hydrogen) atoms. The van der Waals surface area contributed by atoms with Crippen LogP contribution in [-0.2, 0) is 11.3 Å². The van der Waals surface area contributed by atoms with Crippen LogP contribution in [0.15, 0.2) is 12.1 Å². The molecule has 0 bridgehead atoms. The highest BCUT2D eigenvalue weighted by atomic mass is 16.5. The minimum absolute atomic E-state index is 0.00252. The van der Waals surface area contributed by atoms with E-state index >= 15 is 0 Å². The average Bonchev–Trinajstić information content (AvgIpc) is 2.25. The van der Waals surface area contributed by atoms with Gasteiger partial charge < -0.3 is 14.8 Å². The van der Waals surface area contributed by atoms with Crippen molar-refractivity contribution in [3.05, 3.63) is 23.4 Å². The predicted molar refractivity (Wildman–Crippen MR) is 77.5 cm³/mol. The molecule has 0 aliphatic heterocycles. The Morgan fingerprint density at radius 2 is 2.00 bits per heavy atom. The minimum atomic E-state index is 0.00252. The Kier molecular flexibility index (Phi) is 5.76. The van der Waals surface area contributed by atoms with Crippen LogP contribution < -0.4 is 10.1 Å². The molecule has 4 nitrogen and oxygen atoms in total. The molecule has 1 N–H and O–H groups in total. The first-order valence-corrected chi connectivity index (χ1v) is 6.68. The Morgan fingerprint density at radius 3 is 2.58 bits per heavy atom. The highest BCUT2D eigenvalue weighted by Crippen LogP contribution is 2.15. The zero-order chi connectivity index (χ0) is 14.5. The van der Waals surface area contributed by atoms with E-state index in [0.717, 1.165) is 12.2 Å². The van der Waals surface area contributed by atoms with E-state index in [9.17, 15) is 0 Å². The van der Waals surface area contributed by atoms with Gasteiger partial charge in [0, 0.05) is 31.0 Å². The van der Waals surface area contributed by atoms with Crippen LogP contribution in [0.4, 0.5) is 0 Å². The van der Waals surface area contributed by atoms with Gasteiger partial charge in [-0.15, -0.1) is 0 Å². The summed E-state index contributed by atoms with van der Waals surface area (Å²) in [6.07, 6.45) is 0.00252. The van der Waals surface area contributed by atoms with Crippen LogP contribution in [0.25, 0.3) is 0 Å². The average molecular weight is 266 g/mol. The number of aromatic nitrogens is 1. The number of nitrogens with zero attached hydrogens (tertiary/aromatic N) is 1. The summed E-state index contributed by atoms with van der Waals surface area (Å²) in [4.78, 5) is 4.39. The molecule has 1 unspecified atom stereocenters. The molecule has 1 heterocycles. The predicted octanol–water partition coefficient (Wildman–Crippen LogP) is 2.69. The topological polar surface area (TPSA) is 43.4 Å². The summed E-state index contributed by atoms with van der Waals surface area (Å²) >= 11 is 0. The summed E-state index contributed by atoms with van der Waals surface area (Å²) in [5.41, 5.74) is 2.25. The van der Waals surface area contributed by atoms with E-state index < -0.39 is 0 Å². The van der Waals surface area contributed by atoms with Crippen molar-refractivity contribution in [3.63, 3.8) is 0 Å². The maximum atomic E-state index is 5.74. The smallest absolute Gasteiger partial charge is 0.214 e. The largest absolute Gasteiger partial charge is 0.472 e. The summed E-state index contributed by atoms with van der Waals surface area (Å²) in [6.45, 7) is 11.8. The first-order valence-electron chi connectivity index (χ1n) is 6.68. The lowest BCUT2D eigenvalue weighted by Gasteiger charge is -2.21.